The number of nitrogens with two attached hydrogens (primary N) is 1. The van der Waals surface area contributed by atoms with E-state index in [0.717, 1.165) is 12.0 Å². The van der Waals surface area contributed by atoms with Gasteiger partial charge in [0.2, 0.25) is 5.95 Å². The fraction of sp³-hybridized carbons (Fsp3) is 0.312. The van der Waals surface area contributed by atoms with Gasteiger partial charge in [0.25, 0.3) is 0 Å². The molecular weight excluding hydrogens is 330 g/mol. The summed E-state index contributed by atoms with van der Waals surface area (Å²) in [5, 5.41) is 8.03. The van der Waals surface area contributed by atoms with Gasteiger partial charge in [-0.2, -0.15) is 23.8 Å². The third kappa shape index (κ3) is 3.59. The molecule has 0 fully saturated rings. The SMILES string of the molecule is CCC(Nc1nc(N)c2cnn(C)c2n1)c1ccc(OC(F)F)cc1. The molecular formula is C16H18F2N6O. The first-order valence-corrected chi connectivity index (χ1v) is 7.74. The molecule has 0 amide bonds. The monoisotopic (exact) mass is 348 g/mol. The Kier molecular flexibility index (Phi) is 4.64. The molecule has 2 heterocycles. The first-order chi connectivity index (χ1) is 12.0. The van der Waals surface area contributed by atoms with E-state index in [0.29, 0.717) is 22.8 Å². The zero-order chi connectivity index (χ0) is 18.0. The minimum Gasteiger partial charge on any atom is -0.435 e. The third-order valence-corrected chi connectivity index (χ3v) is 3.84. The Bertz CT molecular complexity index is 865. The van der Waals surface area contributed by atoms with E-state index in [1.807, 2.05) is 6.92 Å². The highest BCUT2D eigenvalue weighted by Crippen LogP contribution is 2.25. The number of hydrogen-bond donors (Lipinski definition) is 2. The van der Waals surface area contributed by atoms with Crippen molar-refractivity contribution < 1.29 is 13.5 Å². The van der Waals surface area contributed by atoms with Gasteiger partial charge in [0.1, 0.15) is 11.6 Å². The number of nitrogens with one attached hydrogen (secondary N) is 1. The van der Waals surface area contributed by atoms with Crippen LogP contribution in [0, 0.1) is 0 Å². The summed E-state index contributed by atoms with van der Waals surface area (Å²) in [7, 11) is 1.78. The Labute approximate surface area is 142 Å². The number of rotatable bonds is 6. The molecule has 0 spiro atoms. The van der Waals surface area contributed by atoms with Crippen molar-refractivity contribution in [2.75, 3.05) is 11.1 Å². The number of ether oxygens (including phenoxy) is 1. The zero-order valence-corrected chi connectivity index (χ0v) is 13.8. The second kappa shape index (κ2) is 6.88. The lowest BCUT2D eigenvalue weighted by atomic mass is 10.0. The maximum absolute atomic E-state index is 12.2. The fourth-order valence-corrected chi connectivity index (χ4v) is 2.57. The summed E-state index contributed by atoms with van der Waals surface area (Å²) >= 11 is 0. The van der Waals surface area contributed by atoms with Crippen LogP contribution in [0.4, 0.5) is 20.5 Å². The topological polar surface area (TPSA) is 90.9 Å². The smallest absolute Gasteiger partial charge is 0.387 e. The van der Waals surface area contributed by atoms with Crippen LogP contribution in [0.5, 0.6) is 5.75 Å². The van der Waals surface area contributed by atoms with E-state index in [4.69, 9.17) is 5.73 Å². The Hall–Kier alpha value is -2.97. The standard InChI is InChI=1S/C16H18F2N6O/c1-3-12(9-4-6-10(7-5-9)25-15(17)18)21-16-22-13(19)11-8-20-24(2)14(11)23-16/h4-8,12,15H,3H2,1-2H3,(H3,19,21,22,23). The zero-order valence-electron chi connectivity index (χ0n) is 13.8. The summed E-state index contributed by atoms with van der Waals surface area (Å²) in [6.07, 6.45) is 2.36. The summed E-state index contributed by atoms with van der Waals surface area (Å²) in [5.41, 5.74) is 7.49. The van der Waals surface area contributed by atoms with Gasteiger partial charge >= 0.3 is 6.61 Å². The molecule has 25 heavy (non-hydrogen) atoms. The number of fused-ring (bicyclic) bond motifs is 1. The van der Waals surface area contributed by atoms with E-state index in [9.17, 15) is 8.78 Å². The van der Waals surface area contributed by atoms with Gasteiger partial charge in [-0.1, -0.05) is 19.1 Å². The molecule has 3 rings (SSSR count). The van der Waals surface area contributed by atoms with Crippen LogP contribution in [0.1, 0.15) is 24.9 Å². The summed E-state index contributed by atoms with van der Waals surface area (Å²) in [4.78, 5) is 8.70. The number of aryl methyl sites for hydroxylation is 1. The lowest BCUT2D eigenvalue weighted by molar-refractivity contribution is -0.0498. The predicted octanol–water partition coefficient (Wildman–Crippen LogP) is 3.11. The number of alkyl halides is 2. The molecule has 1 aromatic carbocycles. The molecule has 0 bridgehead atoms. The fourth-order valence-electron chi connectivity index (χ4n) is 2.57. The Balaban J connectivity index is 1.83. The van der Waals surface area contributed by atoms with Crippen molar-refractivity contribution in [2.24, 2.45) is 7.05 Å². The Morgan fingerprint density at radius 3 is 2.60 bits per heavy atom. The van der Waals surface area contributed by atoms with E-state index in [2.05, 4.69) is 25.1 Å². The Morgan fingerprint density at radius 1 is 1.24 bits per heavy atom. The van der Waals surface area contributed by atoms with Crippen LogP contribution < -0.4 is 15.8 Å². The van der Waals surface area contributed by atoms with Crippen LogP contribution in [0.2, 0.25) is 0 Å². The van der Waals surface area contributed by atoms with Gasteiger partial charge in [-0.3, -0.25) is 4.68 Å². The predicted molar refractivity (Wildman–Crippen MR) is 90.4 cm³/mol. The van der Waals surface area contributed by atoms with Crippen molar-refractivity contribution in [3.05, 3.63) is 36.0 Å². The summed E-state index contributed by atoms with van der Waals surface area (Å²) in [5.74, 6) is 0.842. The van der Waals surface area contributed by atoms with E-state index >= 15 is 0 Å². The quantitative estimate of drug-likeness (QED) is 0.711. The third-order valence-electron chi connectivity index (χ3n) is 3.84. The van der Waals surface area contributed by atoms with Gasteiger partial charge < -0.3 is 15.8 Å². The van der Waals surface area contributed by atoms with Gasteiger partial charge in [0, 0.05) is 7.05 Å². The van der Waals surface area contributed by atoms with Crippen molar-refractivity contribution in [2.45, 2.75) is 26.0 Å². The van der Waals surface area contributed by atoms with Crippen LogP contribution in [0.3, 0.4) is 0 Å². The van der Waals surface area contributed by atoms with Crippen molar-refractivity contribution >= 4 is 22.8 Å². The van der Waals surface area contributed by atoms with Crippen LogP contribution in [-0.4, -0.2) is 26.4 Å². The molecule has 0 aliphatic carbocycles. The number of hydrogen-bond acceptors (Lipinski definition) is 6. The Morgan fingerprint density at radius 2 is 1.96 bits per heavy atom. The number of nitrogen functional groups attached to an aromatic ring is 1. The highest BCUT2D eigenvalue weighted by Gasteiger charge is 2.14. The summed E-state index contributed by atoms with van der Waals surface area (Å²) in [6, 6.07) is 6.36. The van der Waals surface area contributed by atoms with Crippen LogP contribution in [0.25, 0.3) is 11.0 Å². The number of nitrogens with zero attached hydrogens (tertiary/aromatic N) is 4. The molecule has 132 valence electrons. The maximum atomic E-state index is 12.2. The van der Waals surface area contributed by atoms with Crippen LogP contribution in [-0.2, 0) is 7.05 Å². The second-order valence-corrected chi connectivity index (χ2v) is 5.49. The largest absolute Gasteiger partial charge is 0.435 e. The van der Waals surface area contributed by atoms with E-state index in [-0.39, 0.29) is 11.8 Å². The average Bonchev–Trinajstić information content (AvgIpc) is 2.95. The highest BCUT2D eigenvalue weighted by atomic mass is 19.3. The lowest BCUT2D eigenvalue weighted by Crippen LogP contribution is -2.13. The van der Waals surface area contributed by atoms with Crippen molar-refractivity contribution in [1.29, 1.82) is 0 Å². The number of aromatic nitrogens is 4. The molecule has 1 unspecified atom stereocenters. The molecule has 3 N–H and O–H groups in total. The van der Waals surface area contributed by atoms with Crippen LogP contribution in [0.15, 0.2) is 30.5 Å². The van der Waals surface area contributed by atoms with Crippen molar-refractivity contribution in [3.8, 4) is 5.75 Å². The molecule has 7 nitrogen and oxygen atoms in total. The first kappa shape index (κ1) is 16.9. The van der Waals surface area contributed by atoms with Gasteiger partial charge in [-0.15, -0.1) is 0 Å². The summed E-state index contributed by atoms with van der Waals surface area (Å²) in [6.45, 7) is -0.847. The molecule has 0 saturated carbocycles. The molecule has 0 saturated heterocycles. The van der Waals surface area contributed by atoms with Gasteiger partial charge in [0.05, 0.1) is 17.6 Å². The minimum absolute atomic E-state index is 0.106. The number of anilines is 2. The minimum atomic E-state index is -2.84. The highest BCUT2D eigenvalue weighted by molar-refractivity contribution is 5.86. The number of benzene rings is 1. The van der Waals surface area contributed by atoms with Crippen molar-refractivity contribution in [1.82, 2.24) is 19.7 Å². The van der Waals surface area contributed by atoms with Crippen LogP contribution >= 0.6 is 0 Å². The normalized spacial score (nSPS) is 12.5. The van der Waals surface area contributed by atoms with E-state index < -0.39 is 6.61 Å². The molecule has 0 radical (unpaired) electrons. The summed E-state index contributed by atoms with van der Waals surface area (Å²) < 4.78 is 30.5. The van der Waals surface area contributed by atoms with Gasteiger partial charge in [-0.25, -0.2) is 0 Å². The number of halogens is 2. The maximum Gasteiger partial charge on any atom is 0.387 e. The van der Waals surface area contributed by atoms with E-state index in [1.165, 1.54) is 12.1 Å². The molecule has 2 aromatic heterocycles. The van der Waals surface area contributed by atoms with Gasteiger partial charge in [-0.05, 0) is 24.1 Å². The molecule has 9 heteroatoms. The lowest BCUT2D eigenvalue weighted by Gasteiger charge is -2.18. The van der Waals surface area contributed by atoms with Gasteiger partial charge in [0.15, 0.2) is 5.65 Å². The second-order valence-electron chi connectivity index (χ2n) is 5.49. The van der Waals surface area contributed by atoms with E-state index in [1.54, 1.807) is 30.1 Å². The van der Waals surface area contributed by atoms with Crippen molar-refractivity contribution in [3.63, 3.8) is 0 Å². The molecule has 0 aliphatic heterocycles. The molecule has 1 atom stereocenters. The molecule has 0 aliphatic rings. The first-order valence-electron chi connectivity index (χ1n) is 7.74. The molecule has 3 aromatic rings. The average molecular weight is 348 g/mol.